The molecule has 0 radical (unpaired) electrons. The third-order valence-corrected chi connectivity index (χ3v) is 3.66. The lowest BCUT2D eigenvalue weighted by atomic mass is 9.87. The molecular weight excluding hydrogens is 260 g/mol. The summed E-state index contributed by atoms with van der Waals surface area (Å²) in [6, 6.07) is 9.41. The van der Waals surface area contributed by atoms with Crippen LogP contribution in [0.1, 0.15) is 36.0 Å². The van der Waals surface area contributed by atoms with Crippen molar-refractivity contribution in [1.29, 1.82) is 0 Å². The van der Waals surface area contributed by atoms with Crippen molar-refractivity contribution in [2.75, 3.05) is 0 Å². The Bertz CT molecular complexity index is 576. The smallest absolute Gasteiger partial charge is 0.349 e. The van der Waals surface area contributed by atoms with Crippen molar-refractivity contribution in [2.24, 2.45) is 0 Å². The fourth-order valence-corrected chi connectivity index (χ4v) is 2.34. The van der Waals surface area contributed by atoms with Crippen LogP contribution in [0.25, 0.3) is 0 Å². The molecule has 1 aromatic heterocycles. The highest BCUT2D eigenvalue weighted by molar-refractivity contribution is 7.12. The molecule has 1 heterocycles. The van der Waals surface area contributed by atoms with E-state index in [2.05, 4.69) is 20.8 Å². The first-order valence-corrected chi connectivity index (χ1v) is 6.85. The van der Waals surface area contributed by atoms with E-state index in [4.69, 9.17) is 9.84 Å². The molecular formula is C15H16O3S. The summed E-state index contributed by atoms with van der Waals surface area (Å²) in [4.78, 5) is 11.2. The molecule has 3 nitrogen and oxygen atoms in total. The number of thiophene rings is 1. The third-order valence-electron chi connectivity index (χ3n) is 2.77. The fraction of sp³-hybridized carbons (Fsp3) is 0.267. The second-order valence-corrected chi connectivity index (χ2v) is 6.21. The van der Waals surface area contributed by atoms with Gasteiger partial charge in [-0.05, 0) is 34.6 Å². The van der Waals surface area contributed by atoms with E-state index < -0.39 is 5.97 Å². The molecule has 0 aliphatic carbocycles. The zero-order valence-corrected chi connectivity index (χ0v) is 12.0. The van der Waals surface area contributed by atoms with Gasteiger partial charge in [-0.3, -0.25) is 0 Å². The number of rotatable bonds is 3. The van der Waals surface area contributed by atoms with Crippen LogP contribution in [0.4, 0.5) is 0 Å². The van der Waals surface area contributed by atoms with Crippen LogP contribution in [0.15, 0.2) is 35.7 Å². The molecule has 0 saturated carbocycles. The van der Waals surface area contributed by atoms with Gasteiger partial charge in [-0.25, -0.2) is 4.79 Å². The number of carboxylic acids is 1. The quantitative estimate of drug-likeness (QED) is 0.895. The average Bonchev–Trinajstić information content (AvgIpc) is 2.77. The van der Waals surface area contributed by atoms with E-state index in [-0.39, 0.29) is 10.3 Å². The number of carboxylic acid groups (broad SMARTS) is 1. The Kier molecular flexibility index (Phi) is 3.62. The first kappa shape index (κ1) is 13.6. The van der Waals surface area contributed by atoms with Crippen LogP contribution in [0, 0.1) is 0 Å². The highest BCUT2D eigenvalue weighted by Gasteiger charge is 2.15. The number of hydrogen-bond acceptors (Lipinski definition) is 3. The minimum atomic E-state index is -0.962. The van der Waals surface area contributed by atoms with Crippen LogP contribution in [-0.4, -0.2) is 11.1 Å². The summed E-state index contributed by atoms with van der Waals surface area (Å²) < 4.78 is 5.61. The molecule has 0 aliphatic rings. The number of benzene rings is 1. The van der Waals surface area contributed by atoms with E-state index in [1.165, 1.54) is 5.56 Å². The molecule has 4 heteroatoms. The van der Waals surface area contributed by atoms with E-state index in [0.717, 1.165) is 11.3 Å². The first-order chi connectivity index (χ1) is 8.88. The van der Waals surface area contributed by atoms with Crippen molar-refractivity contribution in [3.63, 3.8) is 0 Å². The van der Waals surface area contributed by atoms with Gasteiger partial charge in [0.1, 0.15) is 5.75 Å². The topological polar surface area (TPSA) is 46.5 Å². The Morgan fingerprint density at radius 2 is 1.79 bits per heavy atom. The van der Waals surface area contributed by atoms with Gasteiger partial charge in [-0.15, -0.1) is 11.3 Å². The Morgan fingerprint density at radius 1 is 1.16 bits per heavy atom. The molecule has 0 spiro atoms. The third kappa shape index (κ3) is 3.15. The summed E-state index contributed by atoms with van der Waals surface area (Å²) in [5.74, 6) is 0.0752. The molecule has 100 valence electrons. The average molecular weight is 276 g/mol. The van der Waals surface area contributed by atoms with Crippen molar-refractivity contribution >= 4 is 17.3 Å². The zero-order valence-electron chi connectivity index (χ0n) is 11.1. The summed E-state index contributed by atoms with van der Waals surface area (Å²) >= 11 is 1.16. The highest BCUT2D eigenvalue weighted by atomic mass is 32.1. The molecule has 0 fully saturated rings. The first-order valence-electron chi connectivity index (χ1n) is 5.97. The molecule has 0 saturated heterocycles. The van der Waals surface area contributed by atoms with Crippen LogP contribution in [-0.2, 0) is 5.41 Å². The van der Waals surface area contributed by atoms with Crippen LogP contribution in [0.5, 0.6) is 11.5 Å². The summed E-state index contributed by atoms with van der Waals surface area (Å²) in [7, 11) is 0. The Hall–Kier alpha value is -1.81. The van der Waals surface area contributed by atoms with Gasteiger partial charge in [0, 0.05) is 0 Å². The highest BCUT2D eigenvalue weighted by Crippen LogP contribution is 2.31. The second-order valence-electron chi connectivity index (χ2n) is 5.30. The molecule has 19 heavy (non-hydrogen) atoms. The van der Waals surface area contributed by atoms with Crippen molar-refractivity contribution in [3.8, 4) is 11.5 Å². The lowest BCUT2D eigenvalue weighted by molar-refractivity contribution is 0.0700. The monoisotopic (exact) mass is 276 g/mol. The molecule has 2 rings (SSSR count). The number of aromatic carboxylic acids is 1. The fourth-order valence-electron chi connectivity index (χ4n) is 1.68. The van der Waals surface area contributed by atoms with Gasteiger partial charge in [0.2, 0.25) is 0 Å². The zero-order chi connectivity index (χ0) is 14.0. The van der Waals surface area contributed by atoms with E-state index in [0.29, 0.717) is 11.5 Å². The number of ether oxygens (including phenoxy) is 1. The Morgan fingerprint density at radius 3 is 2.32 bits per heavy atom. The van der Waals surface area contributed by atoms with Gasteiger partial charge in [0.25, 0.3) is 0 Å². The van der Waals surface area contributed by atoms with E-state index in [1.807, 2.05) is 24.3 Å². The molecule has 0 amide bonds. The molecule has 1 N–H and O–H groups in total. The molecule has 0 atom stereocenters. The lowest BCUT2D eigenvalue weighted by Crippen LogP contribution is -2.10. The van der Waals surface area contributed by atoms with Crippen LogP contribution >= 0.6 is 11.3 Å². The summed E-state index contributed by atoms with van der Waals surface area (Å²) in [5.41, 5.74) is 1.30. The van der Waals surface area contributed by atoms with Gasteiger partial charge in [0.05, 0.1) is 0 Å². The predicted octanol–water partition coefficient (Wildman–Crippen LogP) is 4.54. The van der Waals surface area contributed by atoms with Crippen molar-refractivity contribution in [3.05, 3.63) is 46.2 Å². The van der Waals surface area contributed by atoms with E-state index in [9.17, 15) is 4.79 Å². The molecule has 1 aromatic carbocycles. The second kappa shape index (κ2) is 5.05. The summed E-state index contributed by atoms with van der Waals surface area (Å²) in [6.07, 6.45) is 0. The molecule has 0 bridgehead atoms. The maximum absolute atomic E-state index is 11.0. The van der Waals surface area contributed by atoms with Crippen molar-refractivity contribution in [1.82, 2.24) is 0 Å². The predicted molar refractivity (Wildman–Crippen MR) is 76.5 cm³/mol. The SMILES string of the molecule is CC(C)(C)c1ccc(Oc2ccsc2C(=O)O)cc1. The largest absolute Gasteiger partial charge is 0.477 e. The summed E-state index contributed by atoms with van der Waals surface area (Å²) in [6.45, 7) is 6.43. The Balaban J connectivity index is 2.20. The molecule has 2 aromatic rings. The van der Waals surface area contributed by atoms with Gasteiger partial charge in [-0.1, -0.05) is 32.9 Å². The van der Waals surface area contributed by atoms with Crippen LogP contribution in [0.3, 0.4) is 0 Å². The molecule has 0 aliphatic heterocycles. The Labute approximate surface area is 116 Å². The maximum atomic E-state index is 11.0. The molecule has 0 unspecified atom stereocenters. The van der Waals surface area contributed by atoms with Crippen molar-refractivity contribution in [2.45, 2.75) is 26.2 Å². The van der Waals surface area contributed by atoms with Gasteiger partial charge in [-0.2, -0.15) is 0 Å². The van der Waals surface area contributed by atoms with Gasteiger partial charge in [0.15, 0.2) is 10.6 Å². The maximum Gasteiger partial charge on any atom is 0.349 e. The van der Waals surface area contributed by atoms with Gasteiger partial charge >= 0.3 is 5.97 Å². The lowest BCUT2D eigenvalue weighted by Gasteiger charge is -2.19. The van der Waals surface area contributed by atoms with Gasteiger partial charge < -0.3 is 9.84 Å². The number of hydrogen-bond donors (Lipinski definition) is 1. The van der Waals surface area contributed by atoms with E-state index >= 15 is 0 Å². The minimum absolute atomic E-state index is 0.0904. The summed E-state index contributed by atoms with van der Waals surface area (Å²) in [5, 5.41) is 10.7. The number of carbonyl (C=O) groups is 1. The van der Waals surface area contributed by atoms with Crippen molar-refractivity contribution < 1.29 is 14.6 Å². The van der Waals surface area contributed by atoms with Crippen LogP contribution in [0.2, 0.25) is 0 Å². The van der Waals surface area contributed by atoms with E-state index in [1.54, 1.807) is 11.4 Å². The minimum Gasteiger partial charge on any atom is -0.477 e. The van der Waals surface area contributed by atoms with Crippen LogP contribution < -0.4 is 4.74 Å². The standard InChI is InChI=1S/C15H16O3S/c1-15(2,3)10-4-6-11(7-5-10)18-12-8-9-19-13(12)14(16)17/h4-9H,1-3H3,(H,16,17). The normalized spacial score (nSPS) is 11.3.